The van der Waals surface area contributed by atoms with Gasteiger partial charge < -0.3 is 19.6 Å². The number of aliphatic hydroxyl groups is 1. The van der Waals surface area contributed by atoms with Crippen molar-refractivity contribution in [1.29, 1.82) is 0 Å². The zero-order chi connectivity index (χ0) is 22.0. The van der Waals surface area contributed by atoms with E-state index >= 15 is 0 Å². The number of rotatable bonds is 4. The van der Waals surface area contributed by atoms with Crippen LogP contribution in [0.2, 0.25) is 0 Å². The fourth-order valence-electron chi connectivity index (χ4n) is 4.12. The summed E-state index contributed by atoms with van der Waals surface area (Å²) in [5.41, 5.74) is 2.32. The molecule has 4 rings (SSSR count). The molecule has 2 aromatic carbocycles. The quantitative estimate of drug-likeness (QED) is 0.795. The number of fused-ring (bicyclic) bond motifs is 1. The average molecular weight is 426 g/mol. The zero-order valence-electron chi connectivity index (χ0n) is 18.4. The van der Waals surface area contributed by atoms with Gasteiger partial charge in [0.15, 0.2) is 0 Å². The number of nitrogens with zero attached hydrogens (tertiary/aromatic N) is 3. The molecular formula is C24H31N3O4. The van der Waals surface area contributed by atoms with Crippen molar-refractivity contribution in [1.82, 2.24) is 4.90 Å². The van der Waals surface area contributed by atoms with Gasteiger partial charge in [0, 0.05) is 19.1 Å². The molecule has 7 nitrogen and oxygen atoms in total. The molecule has 0 aromatic heterocycles. The molecule has 0 aliphatic carbocycles. The number of ether oxygens (including phenoxy) is 1. The van der Waals surface area contributed by atoms with Crippen molar-refractivity contribution in [2.45, 2.75) is 58.2 Å². The summed E-state index contributed by atoms with van der Waals surface area (Å²) in [6, 6.07) is 17.9. The van der Waals surface area contributed by atoms with Crippen molar-refractivity contribution >= 4 is 17.5 Å². The fraction of sp³-hybridized carbons (Fsp3) is 0.458. The van der Waals surface area contributed by atoms with Crippen molar-refractivity contribution in [3.8, 4) is 0 Å². The highest BCUT2D eigenvalue weighted by Gasteiger charge is 2.41. The van der Waals surface area contributed by atoms with Crippen LogP contribution < -0.4 is 9.96 Å². The molecule has 0 radical (unpaired) electrons. The lowest BCUT2D eigenvalue weighted by molar-refractivity contribution is -0.00222. The van der Waals surface area contributed by atoms with Gasteiger partial charge in [-0.25, -0.2) is 9.86 Å². The molecule has 0 spiro atoms. The minimum absolute atomic E-state index is 0.0974. The van der Waals surface area contributed by atoms with Crippen LogP contribution in [0.15, 0.2) is 54.6 Å². The Hall–Kier alpha value is -2.77. The summed E-state index contributed by atoms with van der Waals surface area (Å²) in [5.74, 6) is 0. The lowest BCUT2D eigenvalue weighted by Gasteiger charge is -2.39. The number of amides is 1. The first-order valence-corrected chi connectivity index (χ1v) is 10.8. The highest BCUT2D eigenvalue weighted by molar-refractivity contribution is 5.76. The highest BCUT2D eigenvalue weighted by Crippen LogP contribution is 2.42. The Balaban J connectivity index is 1.44. The smallest absolute Gasteiger partial charge is 0.410 e. The molecule has 0 saturated carbocycles. The van der Waals surface area contributed by atoms with Gasteiger partial charge in [-0.15, -0.1) is 0 Å². The lowest BCUT2D eigenvalue weighted by Crippen LogP contribution is -2.53. The van der Waals surface area contributed by atoms with Gasteiger partial charge in [-0.05, 0) is 51.3 Å². The van der Waals surface area contributed by atoms with Crippen LogP contribution in [0.25, 0.3) is 0 Å². The molecule has 1 unspecified atom stereocenters. The van der Waals surface area contributed by atoms with Crippen LogP contribution >= 0.6 is 0 Å². The van der Waals surface area contributed by atoms with Gasteiger partial charge in [0.05, 0.1) is 11.4 Å². The predicted octanol–water partition coefficient (Wildman–Crippen LogP) is 4.12. The second kappa shape index (κ2) is 8.77. The maximum absolute atomic E-state index is 12.4. The van der Waals surface area contributed by atoms with Crippen molar-refractivity contribution < 1.29 is 19.5 Å². The Bertz CT molecular complexity index is 891. The number of hydroxylamine groups is 1. The van der Waals surface area contributed by atoms with Crippen molar-refractivity contribution in [3.63, 3.8) is 0 Å². The molecule has 1 atom stereocenters. The number of para-hydroxylation sites is 2. The Morgan fingerprint density at radius 3 is 2.26 bits per heavy atom. The van der Waals surface area contributed by atoms with E-state index in [0.29, 0.717) is 19.7 Å². The molecule has 2 heterocycles. The summed E-state index contributed by atoms with van der Waals surface area (Å²) in [4.78, 5) is 22.2. The molecule has 1 saturated heterocycles. The summed E-state index contributed by atoms with van der Waals surface area (Å²) < 4.78 is 5.50. The summed E-state index contributed by atoms with van der Waals surface area (Å²) >= 11 is 0. The highest BCUT2D eigenvalue weighted by atomic mass is 16.7. The normalized spacial score (nSPS) is 19.5. The molecule has 31 heavy (non-hydrogen) atoms. The van der Waals surface area contributed by atoms with Gasteiger partial charge in [0.25, 0.3) is 0 Å². The number of hydrogen-bond donors (Lipinski definition) is 1. The Kier molecular flexibility index (Phi) is 6.07. The van der Waals surface area contributed by atoms with Crippen LogP contribution in [0.3, 0.4) is 0 Å². The first-order chi connectivity index (χ1) is 14.8. The zero-order valence-corrected chi connectivity index (χ0v) is 18.4. The topological polar surface area (TPSA) is 65.5 Å². The third kappa shape index (κ3) is 4.78. The predicted molar refractivity (Wildman–Crippen MR) is 119 cm³/mol. The van der Waals surface area contributed by atoms with Gasteiger partial charge in [0.2, 0.25) is 6.35 Å². The molecule has 1 amide bonds. The van der Waals surface area contributed by atoms with E-state index in [0.717, 1.165) is 29.8 Å². The van der Waals surface area contributed by atoms with Gasteiger partial charge >= 0.3 is 6.09 Å². The summed E-state index contributed by atoms with van der Waals surface area (Å²) in [6.07, 6.45) is 0.300. The maximum Gasteiger partial charge on any atom is 0.410 e. The van der Waals surface area contributed by atoms with Crippen molar-refractivity contribution in [2.75, 3.05) is 23.1 Å². The van der Waals surface area contributed by atoms with Crippen LogP contribution in [-0.2, 0) is 16.2 Å². The second-order valence-electron chi connectivity index (χ2n) is 9.03. The number of aliphatic hydroxyl groups excluding tert-OH is 1. The molecule has 2 aliphatic rings. The molecule has 7 heteroatoms. The van der Waals surface area contributed by atoms with E-state index in [1.807, 2.05) is 80.3 Å². The number of hydrogen-bond acceptors (Lipinski definition) is 6. The van der Waals surface area contributed by atoms with E-state index in [1.165, 1.54) is 0 Å². The number of likely N-dealkylation sites (tertiary alicyclic amines) is 1. The van der Waals surface area contributed by atoms with E-state index < -0.39 is 12.0 Å². The number of carbonyl (C=O) groups excluding carboxylic acids is 1. The molecule has 166 valence electrons. The average Bonchev–Trinajstić information content (AvgIpc) is 3.03. The monoisotopic (exact) mass is 425 g/mol. The van der Waals surface area contributed by atoms with Crippen LogP contribution in [0.1, 0.15) is 39.2 Å². The van der Waals surface area contributed by atoms with Crippen LogP contribution in [0, 0.1) is 0 Å². The van der Waals surface area contributed by atoms with Gasteiger partial charge in [-0.2, -0.15) is 0 Å². The minimum Gasteiger partial charge on any atom is -0.444 e. The second-order valence-corrected chi connectivity index (χ2v) is 9.03. The molecule has 1 N–H and O–H groups in total. The molecule has 2 aromatic rings. The summed E-state index contributed by atoms with van der Waals surface area (Å²) in [7, 11) is 0. The molecular weight excluding hydrogens is 394 g/mol. The summed E-state index contributed by atoms with van der Waals surface area (Å²) in [6.45, 7) is 7.18. The van der Waals surface area contributed by atoms with E-state index in [4.69, 9.17) is 9.57 Å². The van der Waals surface area contributed by atoms with Crippen LogP contribution in [-0.4, -0.2) is 47.2 Å². The Morgan fingerprint density at radius 2 is 1.61 bits per heavy atom. The van der Waals surface area contributed by atoms with Crippen LogP contribution in [0.5, 0.6) is 0 Å². The molecule has 2 aliphatic heterocycles. The van der Waals surface area contributed by atoms with E-state index in [-0.39, 0.29) is 12.1 Å². The van der Waals surface area contributed by atoms with E-state index in [2.05, 4.69) is 0 Å². The number of piperidine rings is 1. The molecule has 0 bridgehead atoms. The number of anilines is 2. The summed E-state index contributed by atoms with van der Waals surface area (Å²) in [5, 5.41) is 12.7. The minimum atomic E-state index is -0.917. The lowest BCUT2D eigenvalue weighted by atomic mass is 10.0. The fourth-order valence-corrected chi connectivity index (χ4v) is 4.12. The SMILES string of the molecule is CC(C)(C)OC(=O)N1CCC(N2c3ccccc3N(OCc3ccccc3)C2O)CC1. The third-order valence-corrected chi connectivity index (χ3v) is 5.58. The van der Waals surface area contributed by atoms with Crippen LogP contribution in [0.4, 0.5) is 16.2 Å². The third-order valence-electron chi connectivity index (χ3n) is 5.58. The first kappa shape index (κ1) is 21.5. The number of benzene rings is 2. The maximum atomic E-state index is 12.4. The first-order valence-electron chi connectivity index (χ1n) is 10.8. The largest absolute Gasteiger partial charge is 0.444 e. The molecule has 1 fully saturated rings. The number of carbonyl (C=O) groups is 1. The van der Waals surface area contributed by atoms with Gasteiger partial charge in [-0.1, -0.05) is 42.5 Å². The Labute approximate surface area is 183 Å². The standard InChI is InChI=1S/C24H31N3O4/c1-24(2,3)31-23(29)25-15-13-19(14-16-25)26-20-11-7-8-12-21(20)27(22(26)28)30-17-18-9-5-4-6-10-18/h4-12,19,22,28H,13-17H2,1-3H3. The van der Waals surface area contributed by atoms with Gasteiger partial charge in [0.1, 0.15) is 12.2 Å². The van der Waals surface area contributed by atoms with Crippen molar-refractivity contribution in [3.05, 3.63) is 60.2 Å². The van der Waals surface area contributed by atoms with E-state index in [9.17, 15) is 9.90 Å². The Morgan fingerprint density at radius 1 is 1.00 bits per heavy atom. The van der Waals surface area contributed by atoms with Crippen molar-refractivity contribution in [2.24, 2.45) is 0 Å². The van der Waals surface area contributed by atoms with E-state index in [1.54, 1.807) is 9.96 Å². The van der Waals surface area contributed by atoms with Gasteiger partial charge in [-0.3, -0.25) is 4.84 Å².